The molecule has 0 amide bonds. The lowest BCUT2D eigenvalue weighted by Gasteiger charge is -2.00. The summed E-state index contributed by atoms with van der Waals surface area (Å²) < 4.78 is 0. The summed E-state index contributed by atoms with van der Waals surface area (Å²) in [5.74, 6) is 0. The average molecular weight is 150 g/mol. The minimum atomic E-state index is 0.410. The molecule has 0 bridgehead atoms. The maximum atomic E-state index is 4.05. The molecule has 1 heterocycles. The molecule has 1 unspecified atom stereocenters. The van der Waals surface area contributed by atoms with Crippen molar-refractivity contribution in [3.8, 4) is 0 Å². The van der Waals surface area contributed by atoms with Crippen molar-refractivity contribution in [2.75, 3.05) is 6.54 Å². The molecule has 0 radical (unpaired) electrons. The lowest BCUT2D eigenvalue weighted by molar-refractivity contribution is 0.726. The highest BCUT2D eigenvalue weighted by Gasteiger charge is 2.17. The number of rotatable bonds is 1. The van der Waals surface area contributed by atoms with E-state index < -0.39 is 0 Å². The van der Waals surface area contributed by atoms with Crippen LogP contribution in [-0.4, -0.2) is 18.8 Å². The van der Waals surface area contributed by atoms with E-state index in [2.05, 4.69) is 23.8 Å². The Bertz CT molecular complexity index is 214. The van der Waals surface area contributed by atoms with Crippen molar-refractivity contribution in [1.82, 2.24) is 5.32 Å². The fourth-order valence-corrected chi connectivity index (χ4v) is 1.07. The molecule has 0 aliphatic carbocycles. The SMILES string of the molecule is C=C1/C(=C\N=CC)CNC1C. The van der Waals surface area contributed by atoms with Crippen LogP contribution in [-0.2, 0) is 0 Å². The van der Waals surface area contributed by atoms with Gasteiger partial charge in [-0.2, -0.15) is 0 Å². The van der Waals surface area contributed by atoms with E-state index in [0.29, 0.717) is 6.04 Å². The van der Waals surface area contributed by atoms with E-state index in [0.717, 1.165) is 12.1 Å². The van der Waals surface area contributed by atoms with Gasteiger partial charge in [0.15, 0.2) is 0 Å². The van der Waals surface area contributed by atoms with Gasteiger partial charge in [-0.25, -0.2) is 0 Å². The molecule has 0 aromatic carbocycles. The summed E-state index contributed by atoms with van der Waals surface area (Å²) in [5, 5.41) is 3.29. The molecule has 1 aliphatic heterocycles. The summed E-state index contributed by atoms with van der Waals surface area (Å²) in [6, 6.07) is 0.410. The zero-order valence-corrected chi connectivity index (χ0v) is 7.09. The van der Waals surface area contributed by atoms with Crippen LogP contribution in [0.2, 0.25) is 0 Å². The van der Waals surface area contributed by atoms with Gasteiger partial charge in [0.2, 0.25) is 0 Å². The van der Waals surface area contributed by atoms with E-state index in [9.17, 15) is 0 Å². The first-order chi connectivity index (χ1) is 5.25. The van der Waals surface area contributed by atoms with Crippen LogP contribution in [0.3, 0.4) is 0 Å². The van der Waals surface area contributed by atoms with Gasteiger partial charge >= 0.3 is 0 Å². The maximum absolute atomic E-state index is 4.05. The number of hydrogen-bond acceptors (Lipinski definition) is 2. The summed E-state index contributed by atoms with van der Waals surface area (Å²) in [6.45, 7) is 8.88. The van der Waals surface area contributed by atoms with Gasteiger partial charge in [-0.05, 0) is 25.0 Å². The second kappa shape index (κ2) is 3.49. The molecule has 1 N–H and O–H groups in total. The molecule has 1 saturated heterocycles. The minimum Gasteiger partial charge on any atom is -0.306 e. The van der Waals surface area contributed by atoms with Crippen LogP contribution in [0.25, 0.3) is 0 Å². The van der Waals surface area contributed by atoms with E-state index in [-0.39, 0.29) is 0 Å². The van der Waals surface area contributed by atoms with Crippen LogP contribution < -0.4 is 5.32 Å². The van der Waals surface area contributed by atoms with Crippen LogP contribution in [0.1, 0.15) is 13.8 Å². The van der Waals surface area contributed by atoms with Crippen LogP contribution in [0.15, 0.2) is 28.9 Å². The average Bonchev–Trinajstić information content (AvgIpc) is 2.31. The molecule has 0 aromatic rings. The largest absolute Gasteiger partial charge is 0.306 e. The Morgan fingerprint density at radius 1 is 1.73 bits per heavy atom. The summed E-state index contributed by atoms with van der Waals surface area (Å²) in [4.78, 5) is 4.05. The summed E-state index contributed by atoms with van der Waals surface area (Å²) in [7, 11) is 0. The Hall–Kier alpha value is -0.890. The van der Waals surface area contributed by atoms with Gasteiger partial charge in [0.1, 0.15) is 0 Å². The minimum absolute atomic E-state index is 0.410. The lowest BCUT2D eigenvalue weighted by Crippen LogP contribution is -2.17. The van der Waals surface area contributed by atoms with Gasteiger partial charge in [0, 0.05) is 25.0 Å². The fourth-order valence-electron chi connectivity index (χ4n) is 1.07. The van der Waals surface area contributed by atoms with E-state index in [1.807, 2.05) is 13.1 Å². The molecule has 1 aliphatic rings. The van der Waals surface area contributed by atoms with Crippen molar-refractivity contribution in [2.24, 2.45) is 4.99 Å². The van der Waals surface area contributed by atoms with E-state index in [1.165, 1.54) is 5.57 Å². The topological polar surface area (TPSA) is 24.4 Å². The number of nitrogens with one attached hydrogen (secondary N) is 1. The predicted molar refractivity (Wildman–Crippen MR) is 48.9 cm³/mol. The van der Waals surface area contributed by atoms with Crippen molar-refractivity contribution in [3.63, 3.8) is 0 Å². The van der Waals surface area contributed by atoms with Crippen molar-refractivity contribution < 1.29 is 0 Å². The van der Waals surface area contributed by atoms with Crippen molar-refractivity contribution in [1.29, 1.82) is 0 Å². The Labute approximate surface area is 67.7 Å². The lowest BCUT2D eigenvalue weighted by atomic mass is 10.1. The molecule has 0 spiro atoms. The van der Waals surface area contributed by atoms with Gasteiger partial charge in [-0.3, -0.25) is 4.99 Å². The molecule has 2 heteroatoms. The molecule has 1 rings (SSSR count). The van der Waals surface area contributed by atoms with E-state index >= 15 is 0 Å². The maximum Gasteiger partial charge on any atom is 0.0311 e. The third kappa shape index (κ3) is 1.77. The highest BCUT2D eigenvalue weighted by atomic mass is 14.9. The molecule has 1 atom stereocenters. The van der Waals surface area contributed by atoms with Gasteiger partial charge < -0.3 is 5.32 Å². The normalized spacial score (nSPS) is 29.1. The smallest absolute Gasteiger partial charge is 0.0311 e. The monoisotopic (exact) mass is 150 g/mol. The molecule has 2 nitrogen and oxygen atoms in total. The first-order valence-electron chi connectivity index (χ1n) is 3.85. The molecule has 60 valence electrons. The van der Waals surface area contributed by atoms with Crippen molar-refractivity contribution in [2.45, 2.75) is 19.9 Å². The molecule has 0 saturated carbocycles. The van der Waals surface area contributed by atoms with E-state index in [1.54, 1.807) is 6.21 Å². The Morgan fingerprint density at radius 3 is 2.91 bits per heavy atom. The second-order valence-electron chi connectivity index (χ2n) is 2.69. The molecular formula is C9H14N2. The van der Waals surface area contributed by atoms with Crippen molar-refractivity contribution >= 4 is 6.21 Å². The Kier molecular flexibility index (Phi) is 2.60. The summed E-state index contributed by atoms with van der Waals surface area (Å²) >= 11 is 0. The molecule has 0 aromatic heterocycles. The van der Waals surface area contributed by atoms with Gasteiger partial charge in [0.05, 0.1) is 0 Å². The molecule has 1 fully saturated rings. The number of nitrogens with zero attached hydrogens (tertiary/aromatic N) is 1. The van der Waals surface area contributed by atoms with Gasteiger partial charge in [-0.1, -0.05) is 6.58 Å². The summed E-state index contributed by atoms with van der Waals surface area (Å²) in [6.07, 6.45) is 3.65. The predicted octanol–water partition coefficient (Wildman–Crippen LogP) is 1.51. The van der Waals surface area contributed by atoms with Crippen LogP contribution in [0.4, 0.5) is 0 Å². The second-order valence-corrected chi connectivity index (χ2v) is 2.69. The third-order valence-electron chi connectivity index (χ3n) is 1.91. The highest BCUT2D eigenvalue weighted by Crippen LogP contribution is 2.17. The van der Waals surface area contributed by atoms with E-state index in [4.69, 9.17) is 0 Å². The Balaban J connectivity index is 2.69. The standard InChI is InChI=1S/C9H14N2/c1-4-10-5-9-6-11-8(3)7(9)2/h4-5,8,11H,2,6H2,1,3H3/b9-5-,10-4?. The molecule has 11 heavy (non-hydrogen) atoms. The third-order valence-corrected chi connectivity index (χ3v) is 1.91. The van der Waals surface area contributed by atoms with Crippen LogP contribution >= 0.6 is 0 Å². The highest BCUT2D eigenvalue weighted by molar-refractivity contribution is 5.55. The first kappa shape index (κ1) is 8.21. The zero-order chi connectivity index (χ0) is 8.27. The number of hydrogen-bond donors (Lipinski definition) is 1. The summed E-state index contributed by atoms with van der Waals surface area (Å²) in [5.41, 5.74) is 2.38. The van der Waals surface area contributed by atoms with Crippen LogP contribution in [0, 0.1) is 0 Å². The Morgan fingerprint density at radius 2 is 2.45 bits per heavy atom. The fraction of sp³-hybridized carbons (Fsp3) is 0.444. The van der Waals surface area contributed by atoms with Gasteiger partial charge in [-0.15, -0.1) is 0 Å². The zero-order valence-electron chi connectivity index (χ0n) is 7.09. The number of aliphatic imine (C=N–C) groups is 1. The molecular weight excluding hydrogens is 136 g/mol. The van der Waals surface area contributed by atoms with Gasteiger partial charge in [0.25, 0.3) is 0 Å². The quantitative estimate of drug-likeness (QED) is 0.563. The first-order valence-corrected chi connectivity index (χ1v) is 3.85. The van der Waals surface area contributed by atoms with Crippen LogP contribution in [0.5, 0.6) is 0 Å². The van der Waals surface area contributed by atoms with Crippen molar-refractivity contribution in [3.05, 3.63) is 23.9 Å².